The maximum atomic E-state index is 12.4. The lowest BCUT2D eigenvalue weighted by atomic mass is 10.1. The number of amides is 2. The van der Waals surface area contributed by atoms with Crippen molar-refractivity contribution in [3.63, 3.8) is 0 Å². The molecule has 1 N–H and O–H groups in total. The number of nitrogens with one attached hydrogen (secondary N) is 1. The summed E-state index contributed by atoms with van der Waals surface area (Å²) < 4.78 is 5.55. The van der Waals surface area contributed by atoms with Gasteiger partial charge in [-0.15, -0.1) is 0 Å². The molecular formula is C16H29N3O2. The molecular weight excluding hydrogens is 266 g/mol. The molecule has 5 heteroatoms. The van der Waals surface area contributed by atoms with Gasteiger partial charge in [-0.25, -0.2) is 4.79 Å². The number of carbonyl (C=O) groups is 1. The van der Waals surface area contributed by atoms with Gasteiger partial charge < -0.3 is 15.0 Å². The summed E-state index contributed by atoms with van der Waals surface area (Å²) in [6.45, 7) is 8.34. The smallest absolute Gasteiger partial charge is 0.317 e. The highest BCUT2D eigenvalue weighted by Crippen LogP contribution is 2.36. The summed E-state index contributed by atoms with van der Waals surface area (Å²) in [4.78, 5) is 16.9. The lowest BCUT2D eigenvalue weighted by molar-refractivity contribution is 0.00458. The summed E-state index contributed by atoms with van der Waals surface area (Å²) >= 11 is 0. The first-order chi connectivity index (χ1) is 10.2. The Morgan fingerprint density at radius 3 is 2.71 bits per heavy atom. The number of morpholine rings is 1. The molecule has 1 heterocycles. The second-order valence-electron chi connectivity index (χ2n) is 6.97. The minimum atomic E-state index is 0.106. The van der Waals surface area contributed by atoms with Crippen LogP contribution in [0.3, 0.4) is 0 Å². The summed E-state index contributed by atoms with van der Waals surface area (Å²) in [7, 11) is 0. The lowest BCUT2D eigenvalue weighted by Gasteiger charge is -2.36. The van der Waals surface area contributed by atoms with Crippen molar-refractivity contribution >= 4 is 6.03 Å². The molecule has 0 spiro atoms. The second-order valence-corrected chi connectivity index (χ2v) is 6.97. The number of urea groups is 1. The number of ether oxygens (including phenoxy) is 1. The topological polar surface area (TPSA) is 44.8 Å². The third-order valence-corrected chi connectivity index (χ3v) is 4.92. The minimum absolute atomic E-state index is 0.106. The van der Waals surface area contributed by atoms with Crippen LogP contribution < -0.4 is 5.32 Å². The van der Waals surface area contributed by atoms with Gasteiger partial charge in [0.2, 0.25) is 0 Å². The average molecular weight is 295 g/mol. The van der Waals surface area contributed by atoms with Crippen molar-refractivity contribution in [2.24, 2.45) is 5.92 Å². The van der Waals surface area contributed by atoms with Crippen molar-refractivity contribution in [1.82, 2.24) is 15.1 Å². The first kappa shape index (κ1) is 15.1. The minimum Gasteiger partial charge on any atom is -0.377 e. The molecule has 5 nitrogen and oxygen atoms in total. The van der Waals surface area contributed by atoms with Crippen LogP contribution in [0.1, 0.15) is 39.5 Å². The first-order valence-electron chi connectivity index (χ1n) is 8.54. The Morgan fingerprint density at radius 2 is 2.10 bits per heavy atom. The SMILES string of the molecule is CC(C)N(CCNC(=O)N1CCOCC1C1CC1)C1CC1. The van der Waals surface area contributed by atoms with E-state index in [0.29, 0.717) is 24.6 Å². The monoisotopic (exact) mass is 295 g/mol. The van der Waals surface area contributed by atoms with Crippen LogP contribution in [0, 0.1) is 5.92 Å². The van der Waals surface area contributed by atoms with Gasteiger partial charge in [0, 0.05) is 31.7 Å². The second kappa shape index (κ2) is 6.53. The number of rotatable bonds is 6. The fourth-order valence-electron chi connectivity index (χ4n) is 3.41. The van der Waals surface area contributed by atoms with Gasteiger partial charge in [-0.3, -0.25) is 4.90 Å². The summed E-state index contributed by atoms with van der Waals surface area (Å²) in [6.07, 6.45) is 5.14. The van der Waals surface area contributed by atoms with Crippen LogP contribution in [-0.4, -0.2) is 66.8 Å². The van der Waals surface area contributed by atoms with Gasteiger partial charge in [-0.2, -0.15) is 0 Å². The number of nitrogens with zero attached hydrogens (tertiary/aromatic N) is 2. The standard InChI is InChI=1S/C16H29N3O2/c1-12(2)18(14-5-6-14)8-7-17-16(20)19-9-10-21-11-15(19)13-3-4-13/h12-15H,3-11H2,1-2H3,(H,17,20). The van der Waals surface area contributed by atoms with Crippen LogP contribution in [0.4, 0.5) is 4.79 Å². The Balaban J connectivity index is 1.44. The Morgan fingerprint density at radius 1 is 1.33 bits per heavy atom. The molecule has 1 saturated heterocycles. The Labute approximate surface area is 128 Å². The van der Waals surface area contributed by atoms with Gasteiger partial charge in [-0.1, -0.05) is 0 Å². The van der Waals surface area contributed by atoms with Crippen molar-refractivity contribution in [1.29, 1.82) is 0 Å². The molecule has 2 aliphatic carbocycles. The number of carbonyl (C=O) groups excluding carboxylic acids is 1. The van der Waals surface area contributed by atoms with Crippen LogP contribution in [0.15, 0.2) is 0 Å². The molecule has 3 fully saturated rings. The van der Waals surface area contributed by atoms with Crippen LogP contribution in [-0.2, 0) is 4.74 Å². The van der Waals surface area contributed by atoms with E-state index in [9.17, 15) is 4.79 Å². The van der Waals surface area contributed by atoms with E-state index in [1.165, 1.54) is 25.7 Å². The van der Waals surface area contributed by atoms with Crippen molar-refractivity contribution in [2.75, 3.05) is 32.8 Å². The molecule has 0 aromatic carbocycles. The third kappa shape index (κ3) is 3.89. The van der Waals surface area contributed by atoms with Crippen molar-refractivity contribution in [3.8, 4) is 0 Å². The van der Waals surface area contributed by atoms with Crippen LogP contribution in [0.5, 0.6) is 0 Å². The highest BCUT2D eigenvalue weighted by Gasteiger charge is 2.39. The normalized spacial score (nSPS) is 26.5. The van der Waals surface area contributed by atoms with Gasteiger partial charge in [0.05, 0.1) is 19.3 Å². The molecule has 1 unspecified atom stereocenters. The van der Waals surface area contributed by atoms with E-state index in [4.69, 9.17) is 4.74 Å². The Bertz CT molecular complexity index is 365. The highest BCUT2D eigenvalue weighted by atomic mass is 16.5. The Kier molecular flexibility index (Phi) is 4.69. The van der Waals surface area contributed by atoms with E-state index in [-0.39, 0.29) is 6.03 Å². The molecule has 0 aromatic rings. The fourth-order valence-corrected chi connectivity index (χ4v) is 3.41. The predicted molar refractivity (Wildman–Crippen MR) is 82.3 cm³/mol. The van der Waals surface area contributed by atoms with E-state index < -0.39 is 0 Å². The largest absolute Gasteiger partial charge is 0.377 e. The van der Waals surface area contributed by atoms with E-state index in [1.54, 1.807) is 0 Å². The molecule has 2 amide bonds. The molecule has 120 valence electrons. The molecule has 1 aliphatic heterocycles. The summed E-state index contributed by atoms with van der Waals surface area (Å²) in [5, 5.41) is 3.12. The molecule has 0 bridgehead atoms. The lowest BCUT2D eigenvalue weighted by Crippen LogP contribution is -2.54. The van der Waals surface area contributed by atoms with Gasteiger partial charge in [0.1, 0.15) is 0 Å². The zero-order valence-electron chi connectivity index (χ0n) is 13.4. The quantitative estimate of drug-likeness (QED) is 0.811. The van der Waals surface area contributed by atoms with E-state index in [0.717, 1.165) is 32.3 Å². The Hall–Kier alpha value is -0.810. The number of hydrogen-bond acceptors (Lipinski definition) is 3. The van der Waals surface area contributed by atoms with Crippen LogP contribution in [0.25, 0.3) is 0 Å². The predicted octanol–water partition coefficient (Wildman–Crippen LogP) is 1.68. The zero-order chi connectivity index (χ0) is 14.8. The summed E-state index contributed by atoms with van der Waals surface area (Å²) in [6, 6.07) is 1.74. The molecule has 2 saturated carbocycles. The molecule has 1 atom stereocenters. The summed E-state index contributed by atoms with van der Waals surface area (Å²) in [5.74, 6) is 0.676. The molecule has 3 aliphatic rings. The third-order valence-electron chi connectivity index (χ3n) is 4.92. The summed E-state index contributed by atoms with van der Waals surface area (Å²) in [5.41, 5.74) is 0. The van der Waals surface area contributed by atoms with Gasteiger partial charge in [-0.05, 0) is 45.4 Å². The zero-order valence-corrected chi connectivity index (χ0v) is 13.4. The number of hydrogen-bond donors (Lipinski definition) is 1. The van der Waals surface area contributed by atoms with Crippen molar-refractivity contribution in [3.05, 3.63) is 0 Å². The van der Waals surface area contributed by atoms with E-state index in [1.807, 2.05) is 4.90 Å². The van der Waals surface area contributed by atoms with E-state index in [2.05, 4.69) is 24.1 Å². The van der Waals surface area contributed by atoms with Crippen molar-refractivity contribution in [2.45, 2.75) is 57.7 Å². The van der Waals surface area contributed by atoms with E-state index >= 15 is 0 Å². The first-order valence-corrected chi connectivity index (χ1v) is 8.54. The molecule has 0 radical (unpaired) electrons. The van der Waals surface area contributed by atoms with Crippen molar-refractivity contribution < 1.29 is 9.53 Å². The highest BCUT2D eigenvalue weighted by molar-refractivity contribution is 5.74. The maximum Gasteiger partial charge on any atom is 0.317 e. The maximum absolute atomic E-state index is 12.4. The molecule has 21 heavy (non-hydrogen) atoms. The average Bonchev–Trinajstić information content (AvgIpc) is 3.36. The van der Waals surface area contributed by atoms with Gasteiger partial charge in [0.25, 0.3) is 0 Å². The fraction of sp³-hybridized carbons (Fsp3) is 0.938. The van der Waals surface area contributed by atoms with Gasteiger partial charge in [0.15, 0.2) is 0 Å². The van der Waals surface area contributed by atoms with Crippen LogP contribution >= 0.6 is 0 Å². The molecule has 3 rings (SSSR count). The van der Waals surface area contributed by atoms with Crippen LogP contribution in [0.2, 0.25) is 0 Å². The molecule has 0 aromatic heterocycles. The van der Waals surface area contributed by atoms with Gasteiger partial charge >= 0.3 is 6.03 Å².